The van der Waals surface area contributed by atoms with Crippen molar-refractivity contribution in [1.82, 2.24) is 10.4 Å². The molecule has 1 saturated heterocycles. The van der Waals surface area contributed by atoms with Crippen LogP contribution in [-0.2, 0) is 4.79 Å². The number of rotatable bonds is 2. The summed E-state index contributed by atoms with van der Waals surface area (Å²) in [5, 5.41) is 1.67. The van der Waals surface area contributed by atoms with Gasteiger partial charge < -0.3 is 5.73 Å². The molecule has 1 amide bonds. The van der Waals surface area contributed by atoms with E-state index in [0.717, 1.165) is 19.5 Å². The highest BCUT2D eigenvalue weighted by Gasteiger charge is 2.25. The fourth-order valence-electron chi connectivity index (χ4n) is 1.19. The van der Waals surface area contributed by atoms with Gasteiger partial charge in [0.25, 0.3) is 0 Å². The van der Waals surface area contributed by atoms with Crippen molar-refractivity contribution in [2.45, 2.75) is 26.3 Å². The fraction of sp³-hybridized carbons (Fsp3) is 0.875. The molecule has 0 spiro atoms. The second kappa shape index (κ2) is 3.87. The van der Waals surface area contributed by atoms with Gasteiger partial charge in [-0.25, -0.2) is 5.43 Å². The van der Waals surface area contributed by atoms with Crippen molar-refractivity contribution >= 4 is 5.91 Å². The summed E-state index contributed by atoms with van der Waals surface area (Å²) < 4.78 is 0. The molecular weight excluding hydrogens is 154 g/mol. The summed E-state index contributed by atoms with van der Waals surface area (Å²) in [5.41, 5.74) is 8.65. The third kappa shape index (κ3) is 1.95. The van der Waals surface area contributed by atoms with Crippen LogP contribution >= 0.6 is 0 Å². The Morgan fingerprint density at radius 3 is 2.67 bits per heavy atom. The van der Waals surface area contributed by atoms with Crippen molar-refractivity contribution in [2.75, 3.05) is 13.1 Å². The van der Waals surface area contributed by atoms with E-state index in [2.05, 4.69) is 5.43 Å². The Labute approximate surface area is 73.1 Å². The maximum Gasteiger partial charge on any atom is 0.241 e. The van der Waals surface area contributed by atoms with Crippen LogP contribution in [0, 0.1) is 5.92 Å². The predicted octanol–water partition coefficient (Wildman–Crippen LogP) is -0.293. The van der Waals surface area contributed by atoms with Gasteiger partial charge in [-0.2, -0.15) is 0 Å². The summed E-state index contributed by atoms with van der Waals surface area (Å²) >= 11 is 0. The monoisotopic (exact) mass is 171 g/mol. The fourth-order valence-corrected chi connectivity index (χ4v) is 1.19. The predicted molar refractivity (Wildman–Crippen MR) is 47.1 cm³/mol. The summed E-state index contributed by atoms with van der Waals surface area (Å²) in [7, 11) is 0. The van der Waals surface area contributed by atoms with Crippen molar-refractivity contribution in [1.29, 1.82) is 0 Å². The molecule has 0 bridgehead atoms. The van der Waals surface area contributed by atoms with Crippen molar-refractivity contribution < 1.29 is 4.79 Å². The van der Waals surface area contributed by atoms with E-state index in [1.165, 1.54) is 0 Å². The molecule has 2 atom stereocenters. The van der Waals surface area contributed by atoms with E-state index in [9.17, 15) is 4.79 Å². The quantitative estimate of drug-likeness (QED) is 0.600. The molecule has 0 aromatic heterocycles. The van der Waals surface area contributed by atoms with Crippen LogP contribution < -0.4 is 11.2 Å². The first kappa shape index (κ1) is 9.48. The zero-order chi connectivity index (χ0) is 9.14. The van der Waals surface area contributed by atoms with Gasteiger partial charge in [-0.1, -0.05) is 6.92 Å². The number of carbonyl (C=O) groups is 1. The Kier molecular flexibility index (Phi) is 3.05. The number of carbonyl (C=O) groups excluding carboxylic acids is 1. The van der Waals surface area contributed by atoms with Crippen LogP contribution in [0.4, 0.5) is 0 Å². The zero-order valence-electron chi connectivity index (χ0n) is 7.71. The average Bonchev–Trinajstić information content (AvgIpc) is 2.53. The second-order valence-corrected chi connectivity index (χ2v) is 3.40. The zero-order valence-corrected chi connectivity index (χ0v) is 7.71. The molecule has 1 fully saturated rings. The highest BCUT2D eigenvalue weighted by atomic mass is 16.2. The van der Waals surface area contributed by atoms with Crippen molar-refractivity contribution in [3.8, 4) is 0 Å². The van der Waals surface area contributed by atoms with Gasteiger partial charge in [0.05, 0.1) is 5.92 Å². The molecule has 0 radical (unpaired) electrons. The molecule has 4 heteroatoms. The summed E-state index contributed by atoms with van der Waals surface area (Å²) in [5.74, 6) is 0.0260. The van der Waals surface area contributed by atoms with E-state index in [1.807, 2.05) is 13.8 Å². The molecule has 0 saturated carbocycles. The second-order valence-electron chi connectivity index (χ2n) is 3.40. The third-order valence-electron chi connectivity index (χ3n) is 2.31. The molecule has 12 heavy (non-hydrogen) atoms. The molecule has 1 aliphatic rings. The lowest BCUT2D eigenvalue weighted by atomic mass is 10.0. The van der Waals surface area contributed by atoms with E-state index in [1.54, 1.807) is 5.01 Å². The van der Waals surface area contributed by atoms with Crippen LogP contribution in [0.2, 0.25) is 0 Å². The Morgan fingerprint density at radius 1 is 1.58 bits per heavy atom. The van der Waals surface area contributed by atoms with Crippen LogP contribution in [-0.4, -0.2) is 30.0 Å². The normalized spacial score (nSPS) is 22.4. The highest BCUT2D eigenvalue weighted by molar-refractivity contribution is 5.78. The van der Waals surface area contributed by atoms with Crippen molar-refractivity contribution in [2.24, 2.45) is 11.7 Å². The first-order valence-electron chi connectivity index (χ1n) is 4.43. The summed E-state index contributed by atoms with van der Waals surface area (Å²) in [6, 6.07) is -0.0695. The first-order valence-corrected chi connectivity index (χ1v) is 4.43. The number of nitrogens with one attached hydrogen (secondary N) is 1. The molecule has 3 N–H and O–H groups in total. The highest BCUT2D eigenvalue weighted by Crippen LogP contribution is 2.07. The van der Waals surface area contributed by atoms with Crippen LogP contribution in [0.5, 0.6) is 0 Å². The lowest BCUT2D eigenvalue weighted by Gasteiger charge is -2.22. The number of hydrazine groups is 1. The Hall–Kier alpha value is -0.610. The van der Waals surface area contributed by atoms with Gasteiger partial charge in [-0.05, 0) is 13.3 Å². The first-order chi connectivity index (χ1) is 5.63. The standard InChI is InChI=1S/C8H17N3O/c1-6(7(2)9)8(12)11-5-3-4-10-11/h6-7,10H,3-5,9H2,1-2H3. The molecule has 0 aliphatic carbocycles. The van der Waals surface area contributed by atoms with E-state index in [4.69, 9.17) is 5.73 Å². The van der Waals surface area contributed by atoms with Gasteiger partial charge in [-0.15, -0.1) is 0 Å². The number of nitrogens with zero attached hydrogens (tertiary/aromatic N) is 1. The van der Waals surface area contributed by atoms with Gasteiger partial charge >= 0.3 is 0 Å². The Balaban J connectivity index is 2.45. The minimum atomic E-state index is -0.0874. The van der Waals surface area contributed by atoms with Crippen LogP contribution in [0.25, 0.3) is 0 Å². The lowest BCUT2D eigenvalue weighted by molar-refractivity contribution is -0.137. The average molecular weight is 171 g/mol. The van der Waals surface area contributed by atoms with Crippen LogP contribution in [0.1, 0.15) is 20.3 Å². The molecule has 1 aliphatic heterocycles. The molecule has 1 rings (SSSR count). The molecule has 0 aromatic rings. The smallest absolute Gasteiger partial charge is 0.241 e. The van der Waals surface area contributed by atoms with Crippen LogP contribution in [0.3, 0.4) is 0 Å². The Morgan fingerprint density at radius 2 is 2.25 bits per heavy atom. The van der Waals surface area contributed by atoms with Gasteiger partial charge in [-0.3, -0.25) is 9.80 Å². The summed E-state index contributed by atoms with van der Waals surface area (Å²) in [6.45, 7) is 5.44. The van der Waals surface area contributed by atoms with E-state index in [-0.39, 0.29) is 17.9 Å². The molecule has 2 unspecified atom stereocenters. The largest absolute Gasteiger partial charge is 0.327 e. The Bertz CT molecular complexity index is 160. The van der Waals surface area contributed by atoms with Gasteiger partial charge in [0, 0.05) is 19.1 Å². The third-order valence-corrected chi connectivity index (χ3v) is 2.31. The molecule has 70 valence electrons. The van der Waals surface area contributed by atoms with Crippen molar-refractivity contribution in [3.63, 3.8) is 0 Å². The SMILES string of the molecule is CC(N)C(C)C(=O)N1CCCN1. The summed E-state index contributed by atoms with van der Waals surface area (Å²) in [6.07, 6.45) is 1.04. The van der Waals surface area contributed by atoms with Crippen molar-refractivity contribution in [3.05, 3.63) is 0 Å². The number of hydrogen-bond acceptors (Lipinski definition) is 3. The number of nitrogens with two attached hydrogens (primary N) is 1. The maximum absolute atomic E-state index is 11.6. The molecule has 0 aromatic carbocycles. The number of hydrogen-bond donors (Lipinski definition) is 2. The van der Waals surface area contributed by atoms with Crippen LogP contribution in [0.15, 0.2) is 0 Å². The van der Waals surface area contributed by atoms with E-state index in [0.29, 0.717) is 0 Å². The molecule has 4 nitrogen and oxygen atoms in total. The summed E-state index contributed by atoms with van der Waals surface area (Å²) in [4.78, 5) is 11.6. The lowest BCUT2D eigenvalue weighted by Crippen LogP contribution is -2.44. The topological polar surface area (TPSA) is 58.4 Å². The minimum Gasteiger partial charge on any atom is -0.327 e. The van der Waals surface area contributed by atoms with E-state index >= 15 is 0 Å². The maximum atomic E-state index is 11.6. The van der Waals surface area contributed by atoms with Gasteiger partial charge in [0.1, 0.15) is 0 Å². The van der Waals surface area contributed by atoms with E-state index < -0.39 is 0 Å². The minimum absolute atomic E-state index is 0.0695. The van der Waals surface area contributed by atoms with Gasteiger partial charge in [0.15, 0.2) is 0 Å². The molecule has 1 heterocycles. The number of amides is 1. The molecular formula is C8H17N3O. The van der Waals surface area contributed by atoms with Gasteiger partial charge in [0.2, 0.25) is 5.91 Å².